The summed E-state index contributed by atoms with van der Waals surface area (Å²) in [7, 11) is 0. The molecule has 1 fully saturated rings. The van der Waals surface area contributed by atoms with Gasteiger partial charge >= 0.3 is 0 Å². The van der Waals surface area contributed by atoms with Crippen LogP contribution in [-0.4, -0.2) is 10.7 Å². The van der Waals surface area contributed by atoms with Crippen LogP contribution in [0.1, 0.15) is 52.9 Å². The molecular formula is C15H24O. The highest BCUT2D eigenvalue weighted by Gasteiger charge is 2.48. The topological polar surface area (TPSA) is 20.2 Å². The molecule has 2 aliphatic carbocycles. The molecule has 0 heterocycles. The SMILES string of the molecule is C=C(C)C1=C[C@H]2[C@@](C)(CCC[C@]2(C)O)CC1. The lowest BCUT2D eigenvalue weighted by Gasteiger charge is -2.51. The zero-order valence-electron chi connectivity index (χ0n) is 10.8. The maximum Gasteiger partial charge on any atom is 0.0687 e. The van der Waals surface area contributed by atoms with Crippen LogP contribution in [0.5, 0.6) is 0 Å². The number of aliphatic hydroxyl groups is 1. The molecule has 1 N–H and O–H groups in total. The Kier molecular flexibility index (Phi) is 2.78. The summed E-state index contributed by atoms with van der Waals surface area (Å²) in [5.74, 6) is 0.314. The Labute approximate surface area is 99.3 Å². The summed E-state index contributed by atoms with van der Waals surface area (Å²) in [5.41, 5.74) is 2.32. The van der Waals surface area contributed by atoms with Gasteiger partial charge in [-0.05, 0) is 50.5 Å². The van der Waals surface area contributed by atoms with Crippen molar-refractivity contribution in [3.63, 3.8) is 0 Å². The average molecular weight is 220 g/mol. The van der Waals surface area contributed by atoms with E-state index in [9.17, 15) is 5.11 Å². The van der Waals surface area contributed by atoms with Gasteiger partial charge in [0.25, 0.3) is 0 Å². The third-order valence-electron chi connectivity index (χ3n) is 4.73. The van der Waals surface area contributed by atoms with E-state index in [1.165, 1.54) is 24.0 Å². The van der Waals surface area contributed by atoms with E-state index in [4.69, 9.17) is 0 Å². The summed E-state index contributed by atoms with van der Waals surface area (Å²) in [4.78, 5) is 0. The smallest absolute Gasteiger partial charge is 0.0687 e. The van der Waals surface area contributed by atoms with Crippen LogP contribution >= 0.6 is 0 Å². The van der Waals surface area contributed by atoms with Crippen molar-refractivity contribution in [3.8, 4) is 0 Å². The van der Waals surface area contributed by atoms with E-state index in [2.05, 4.69) is 26.5 Å². The fourth-order valence-corrected chi connectivity index (χ4v) is 3.63. The first kappa shape index (κ1) is 11.9. The predicted octanol–water partition coefficient (Wildman–Crippen LogP) is 3.84. The molecule has 1 heteroatoms. The van der Waals surface area contributed by atoms with Crippen LogP contribution in [0.2, 0.25) is 0 Å². The fraction of sp³-hybridized carbons (Fsp3) is 0.733. The number of hydrogen-bond donors (Lipinski definition) is 1. The van der Waals surface area contributed by atoms with Crippen molar-refractivity contribution in [1.82, 2.24) is 0 Å². The largest absolute Gasteiger partial charge is 0.390 e. The lowest BCUT2D eigenvalue weighted by Crippen LogP contribution is -2.48. The molecule has 0 saturated heterocycles. The van der Waals surface area contributed by atoms with Gasteiger partial charge in [-0.1, -0.05) is 31.6 Å². The van der Waals surface area contributed by atoms with Crippen LogP contribution in [0, 0.1) is 11.3 Å². The highest BCUT2D eigenvalue weighted by molar-refractivity contribution is 5.31. The molecule has 0 bridgehead atoms. The molecule has 1 nitrogen and oxygen atoms in total. The second-order valence-electron chi connectivity index (χ2n) is 6.31. The number of rotatable bonds is 1. The van der Waals surface area contributed by atoms with Gasteiger partial charge in [-0.2, -0.15) is 0 Å². The van der Waals surface area contributed by atoms with Crippen molar-refractivity contribution in [2.24, 2.45) is 11.3 Å². The van der Waals surface area contributed by atoms with E-state index in [1.54, 1.807) is 0 Å². The van der Waals surface area contributed by atoms with Crippen molar-refractivity contribution >= 4 is 0 Å². The van der Waals surface area contributed by atoms with Crippen LogP contribution in [0.25, 0.3) is 0 Å². The van der Waals surface area contributed by atoms with E-state index < -0.39 is 5.60 Å². The van der Waals surface area contributed by atoms with E-state index >= 15 is 0 Å². The summed E-state index contributed by atoms with van der Waals surface area (Å²) in [6.07, 6.45) is 8.01. The summed E-state index contributed by atoms with van der Waals surface area (Å²) < 4.78 is 0. The summed E-state index contributed by atoms with van der Waals surface area (Å²) in [6, 6.07) is 0. The van der Waals surface area contributed by atoms with Gasteiger partial charge < -0.3 is 5.11 Å². The van der Waals surface area contributed by atoms with Gasteiger partial charge in [0, 0.05) is 5.92 Å². The first-order chi connectivity index (χ1) is 7.35. The first-order valence-corrected chi connectivity index (χ1v) is 6.44. The third-order valence-corrected chi connectivity index (χ3v) is 4.73. The van der Waals surface area contributed by atoms with Gasteiger partial charge in [0.05, 0.1) is 5.60 Å². The lowest BCUT2D eigenvalue weighted by molar-refractivity contribution is -0.0790. The highest BCUT2D eigenvalue weighted by Crippen LogP contribution is 2.53. The van der Waals surface area contributed by atoms with Crippen molar-refractivity contribution in [3.05, 3.63) is 23.8 Å². The van der Waals surface area contributed by atoms with E-state index in [0.29, 0.717) is 11.3 Å². The van der Waals surface area contributed by atoms with Crippen molar-refractivity contribution in [2.75, 3.05) is 0 Å². The second-order valence-corrected chi connectivity index (χ2v) is 6.31. The number of fused-ring (bicyclic) bond motifs is 1. The van der Waals surface area contributed by atoms with Crippen molar-refractivity contribution in [1.29, 1.82) is 0 Å². The van der Waals surface area contributed by atoms with Crippen LogP contribution in [0.3, 0.4) is 0 Å². The molecule has 2 aliphatic rings. The van der Waals surface area contributed by atoms with Crippen LogP contribution in [-0.2, 0) is 0 Å². The molecule has 90 valence electrons. The zero-order valence-corrected chi connectivity index (χ0v) is 10.8. The van der Waals surface area contributed by atoms with Gasteiger partial charge in [-0.15, -0.1) is 0 Å². The van der Waals surface area contributed by atoms with Crippen LogP contribution in [0.15, 0.2) is 23.8 Å². The molecule has 0 amide bonds. The molecule has 0 spiro atoms. The minimum absolute atomic E-state index is 0.306. The molecule has 2 rings (SSSR count). The summed E-state index contributed by atoms with van der Waals surface area (Å²) in [5, 5.41) is 10.6. The van der Waals surface area contributed by atoms with Crippen LogP contribution < -0.4 is 0 Å². The van der Waals surface area contributed by atoms with E-state index in [1.807, 2.05) is 6.92 Å². The minimum atomic E-state index is -0.520. The first-order valence-electron chi connectivity index (χ1n) is 6.44. The van der Waals surface area contributed by atoms with Gasteiger partial charge in [-0.25, -0.2) is 0 Å². The molecule has 0 aromatic carbocycles. The Morgan fingerprint density at radius 3 is 2.69 bits per heavy atom. The Bertz CT molecular complexity index is 337. The van der Waals surface area contributed by atoms with Crippen LogP contribution in [0.4, 0.5) is 0 Å². The Hall–Kier alpha value is -0.560. The normalized spacial score (nSPS) is 43.5. The molecule has 3 atom stereocenters. The monoisotopic (exact) mass is 220 g/mol. The van der Waals surface area contributed by atoms with Gasteiger partial charge in [-0.3, -0.25) is 0 Å². The second kappa shape index (κ2) is 3.73. The molecule has 0 radical (unpaired) electrons. The Morgan fingerprint density at radius 1 is 1.38 bits per heavy atom. The van der Waals surface area contributed by atoms with E-state index in [-0.39, 0.29) is 0 Å². The molecule has 0 aromatic rings. The lowest BCUT2D eigenvalue weighted by atomic mass is 9.56. The molecule has 0 unspecified atom stereocenters. The standard InChI is InChI=1S/C15H24O/c1-11(2)12-6-9-14(3)7-5-8-15(4,16)13(14)10-12/h10,13,16H,1,5-9H2,2-4H3/t13-,14-,15-/m0/s1. The maximum absolute atomic E-state index is 10.6. The van der Waals surface area contributed by atoms with Crippen molar-refractivity contribution < 1.29 is 5.11 Å². The molecule has 0 aromatic heterocycles. The van der Waals surface area contributed by atoms with Gasteiger partial charge in [0.15, 0.2) is 0 Å². The quantitative estimate of drug-likeness (QED) is 0.712. The van der Waals surface area contributed by atoms with E-state index in [0.717, 1.165) is 19.3 Å². The predicted molar refractivity (Wildman–Crippen MR) is 68.2 cm³/mol. The Morgan fingerprint density at radius 2 is 2.06 bits per heavy atom. The average Bonchev–Trinajstić information content (AvgIpc) is 2.15. The molecular weight excluding hydrogens is 196 g/mol. The Balaban J connectivity index is 2.36. The molecule has 1 saturated carbocycles. The molecule has 0 aliphatic heterocycles. The minimum Gasteiger partial charge on any atom is -0.390 e. The number of allylic oxidation sites excluding steroid dienone is 2. The summed E-state index contributed by atoms with van der Waals surface area (Å²) >= 11 is 0. The number of hydrogen-bond acceptors (Lipinski definition) is 1. The van der Waals surface area contributed by atoms with Gasteiger partial charge in [0.1, 0.15) is 0 Å². The summed E-state index contributed by atoms with van der Waals surface area (Å²) in [6.45, 7) is 10.5. The zero-order chi connectivity index (χ0) is 12.0. The third kappa shape index (κ3) is 1.86. The molecule has 16 heavy (non-hydrogen) atoms. The van der Waals surface area contributed by atoms with Gasteiger partial charge in [0.2, 0.25) is 0 Å². The fourth-order valence-electron chi connectivity index (χ4n) is 3.63. The maximum atomic E-state index is 10.6. The van der Waals surface area contributed by atoms with Crippen molar-refractivity contribution in [2.45, 2.75) is 58.5 Å². The highest BCUT2D eigenvalue weighted by atomic mass is 16.3.